The quantitative estimate of drug-likeness (QED) is 0.434. The number of hydrogen-bond acceptors (Lipinski definition) is 2. The van der Waals surface area contributed by atoms with E-state index < -0.39 is 0 Å². The number of hydrogen-bond donors (Lipinski definition) is 0. The van der Waals surface area contributed by atoms with Crippen molar-refractivity contribution in [2.45, 2.75) is 74.4 Å². The highest BCUT2D eigenvalue weighted by molar-refractivity contribution is 5.73. The minimum absolute atomic E-state index is 0.0523. The number of carbonyl (C=O) groups excluding carboxylic acids is 1. The summed E-state index contributed by atoms with van der Waals surface area (Å²) < 4.78 is 9.83. The van der Waals surface area contributed by atoms with Crippen LogP contribution in [-0.2, 0) is 22.6 Å². The first-order valence-electron chi connectivity index (χ1n) is 8.74. The average Bonchev–Trinajstić information content (AvgIpc) is 2.86. The van der Waals surface area contributed by atoms with E-state index >= 15 is 0 Å². The van der Waals surface area contributed by atoms with Gasteiger partial charge in [-0.3, -0.25) is 4.79 Å². The monoisotopic (exact) mass is 323 g/mol. The molecule has 4 heteroatoms. The Labute approximate surface area is 141 Å². The molecule has 0 aliphatic rings. The zero-order chi connectivity index (χ0) is 17.7. The predicted molar refractivity (Wildman–Crippen MR) is 92.9 cm³/mol. The second-order valence-corrected chi connectivity index (χ2v) is 8.69. The van der Waals surface area contributed by atoms with Crippen LogP contribution < -0.4 is 4.57 Å². The zero-order valence-corrected chi connectivity index (χ0v) is 16.1. The Morgan fingerprint density at radius 2 is 1.87 bits per heavy atom. The van der Waals surface area contributed by atoms with Gasteiger partial charge < -0.3 is 4.74 Å². The summed E-state index contributed by atoms with van der Waals surface area (Å²) in [7, 11) is 0. The van der Waals surface area contributed by atoms with Crippen LogP contribution in [0.5, 0.6) is 0 Å². The SMILES string of the molecule is CCn1cc[n+](CCCOC(=O)C(CC(C)(C)C)C(C)(C)C)c1. The van der Waals surface area contributed by atoms with E-state index in [4.69, 9.17) is 4.74 Å². The standard InChI is InChI=1S/C19H35N2O2/c1-8-20-11-12-21(15-20)10-9-13-23-17(22)16(19(5,6)7)14-18(2,3)4/h11-12,15-16H,8-10,13-14H2,1-7H3/q+1. The highest BCUT2D eigenvalue weighted by atomic mass is 16.5. The van der Waals surface area contributed by atoms with Gasteiger partial charge in [0.15, 0.2) is 0 Å². The van der Waals surface area contributed by atoms with Gasteiger partial charge in [-0.2, -0.15) is 0 Å². The third-order valence-electron chi connectivity index (χ3n) is 4.06. The zero-order valence-electron chi connectivity index (χ0n) is 16.1. The molecule has 1 heterocycles. The largest absolute Gasteiger partial charge is 0.465 e. The molecule has 0 aliphatic heterocycles. The van der Waals surface area contributed by atoms with Crippen LogP contribution in [0.1, 0.15) is 61.3 Å². The maximum absolute atomic E-state index is 12.5. The Kier molecular flexibility index (Phi) is 6.84. The molecule has 0 aliphatic carbocycles. The highest BCUT2D eigenvalue weighted by Crippen LogP contribution is 2.36. The van der Waals surface area contributed by atoms with Gasteiger partial charge in [0.1, 0.15) is 12.4 Å². The molecule has 0 saturated heterocycles. The number of rotatable bonds is 7. The fourth-order valence-electron chi connectivity index (χ4n) is 2.63. The second-order valence-electron chi connectivity index (χ2n) is 8.69. The molecular weight excluding hydrogens is 288 g/mol. The molecule has 0 aromatic carbocycles. The molecule has 1 unspecified atom stereocenters. The lowest BCUT2D eigenvalue weighted by atomic mass is 9.72. The van der Waals surface area contributed by atoms with Crippen LogP contribution in [-0.4, -0.2) is 17.1 Å². The van der Waals surface area contributed by atoms with Gasteiger partial charge in [0.05, 0.1) is 25.6 Å². The first kappa shape index (κ1) is 19.7. The first-order chi connectivity index (χ1) is 10.5. The molecule has 0 spiro atoms. The van der Waals surface area contributed by atoms with Crippen molar-refractivity contribution in [3.8, 4) is 0 Å². The molecule has 1 rings (SSSR count). The lowest BCUT2D eigenvalue weighted by Gasteiger charge is -2.33. The van der Waals surface area contributed by atoms with Crippen LogP contribution >= 0.6 is 0 Å². The Morgan fingerprint density at radius 1 is 1.22 bits per heavy atom. The van der Waals surface area contributed by atoms with Gasteiger partial charge in [0.25, 0.3) is 0 Å². The molecule has 0 radical (unpaired) electrons. The Balaban J connectivity index is 2.46. The van der Waals surface area contributed by atoms with E-state index in [0.29, 0.717) is 6.61 Å². The maximum atomic E-state index is 12.5. The summed E-state index contributed by atoms with van der Waals surface area (Å²) in [6.45, 7) is 17.3. The van der Waals surface area contributed by atoms with Crippen molar-refractivity contribution in [2.75, 3.05) is 6.61 Å². The summed E-state index contributed by atoms with van der Waals surface area (Å²) in [5, 5.41) is 0. The minimum atomic E-state index is -0.0720. The number of imidazole rings is 1. The molecule has 23 heavy (non-hydrogen) atoms. The smallest absolute Gasteiger partial charge is 0.309 e. The molecule has 1 atom stereocenters. The van der Waals surface area contributed by atoms with E-state index in [9.17, 15) is 4.79 Å². The summed E-state index contributed by atoms with van der Waals surface area (Å²) in [6.07, 6.45) is 7.90. The van der Waals surface area contributed by atoms with E-state index in [1.54, 1.807) is 0 Å². The lowest BCUT2D eigenvalue weighted by Crippen LogP contribution is -2.35. The Morgan fingerprint density at radius 3 is 2.35 bits per heavy atom. The van der Waals surface area contributed by atoms with Gasteiger partial charge in [-0.15, -0.1) is 0 Å². The highest BCUT2D eigenvalue weighted by Gasteiger charge is 2.35. The van der Waals surface area contributed by atoms with Crippen molar-refractivity contribution in [3.63, 3.8) is 0 Å². The fraction of sp³-hybridized carbons (Fsp3) is 0.789. The van der Waals surface area contributed by atoms with Crippen LogP contribution in [0, 0.1) is 16.7 Å². The number of ether oxygens (including phenoxy) is 1. The summed E-state index contributed by atoms with van der Waals surface area (Å²) in [6, 6.07) is 0. The molecule has 0 bridgehead atoms. The van der Waals surface area contributed by atoms with Crippen molar-refractivity contribution in [2.24, 2.45) is 16.7 Å². The van der Waals surface area contributed by atoms with Gasteiger partial charge in [-0.05, 0) is 24.2 Å². The topological polar surface area (TPSA) is 35.1 Å². The second kappa shape index (κ2) is 7.98. The number of aromatic nitrogens is 2. The van der Waals surface area contributed by atoms with Crippen molar-refractivity contribution in [3.05, 3.63) is 18.7 Å². The molecule has 0 N–H and O–H groups in total. The van der Waals surface area contributed by atoms with Crippen molar-refractivity contribution in [1.29, 1.82) is 0 Å². The summed E-state index contributed by atoms with van der Waals surface area (Å²) >= 11 is 0. The molecule has 0 amide bonds. The number of carbonyl (C=O) groups is 1. The summed E-state index contributed by atoms with van der Waals surface area (Å²) in [4.78, 5) is 12.5. The van der Waals surface area contributed by atoms with Crippen LogP contribution in [0.2, 0.25) is 0 Å². The van der Waals surface area contributed by atoms with Gasteiger partial charge in [-0.1, -0.05) is 41.5 Å². The lowest BCUT2D eigenvalue weighted by molar-refractivity contribution is -0.697. The van der Waals surface area contributed by atoms with Crippen LogP contribution in [0.3, 0.4) is 0 Å². The van der Waals surface area contributed by atoms with Gasteiger partial charge >= 0.3 is 5.97 Å². The fourth-order valence-corrected chi connectivity index (χ4v) is 2.63. The molecular formula is C19H35N2O2+. The average molecular weight is 324 g/mol. The van der Waals surface area contributed by atoms with E-state index in [1.165, 1.54) is 0 Å². The van der Waals surface area contributed by atoms with Crippen molar-refractivity contribution in [1.82, 2.24) is 4.57 Å². The van der Waals surface area contributed by atoms with E-state index in [-0.39, 0.29) is 22.7 Å². The van der Waals surface area contributed by atoms with Crippen molar-refractivity contribution < 1.29 is 14.1 Å². The third kappa shape index (κ3) is 7.19. The summed E-state index contributed by atoms with van der Waals surface area (Å²) in [5.74, 6) is -0.111. The minimum Gasteiger partial charge on any atom is -0.465 e. The van der Waals surface area contributed by atoms with Crippen LogP contribution in [0.25, 0.3) is 0 Å². The maximum Gasteiger partial charge on any atom is 0.309 e. The van der Waals surface area contributed by atoms with Crippen molar-refractivity contribution >= 4 is 5.97 Å². The first-order valence-corrected chi connectivity index (χ1v) is 8.74. The van der Waals surface area contributed by atoms with E-state index in [1.807, 2.05) is 0 Å². The van der Waals surface area contributed by atoms with Crippen LogP contribution in [0.15, 0.2) is 18.7 Å². The molecule has 1 aromatic heterocycles. The van der Waals surface area contributed by atoms with Crippen LogP contribution in [0.4, 0.5) is 0 Å². The van der Waals surface area contributed by atoms with E-state index in [0.717, 1.165) is 25.9 Å². The van der Waals surface area contributed by atoms with E-state index in [2.05, 4.69) is 76.3 Å². The number of nitrogens with zero attached hydrogens (tertiary/aromatic N) is 2. The molecule has 132 valence electrons. The summed E-state index contributed by atoms with van der Waals surface area (Å²) in [5.41, 5.74) is 0.0490. The molecule has 4 nitrogen and oxygen atoms in total. The molecule has 1 aromatic rings. The molecule has 0 fully saturated rings. The number of aryl methyl sites for hydroxylation is 2. The van der Waals surface area contributed by atoms with Gasteiger partial charge in [0, 0.05) is 6.42 Å². The third-order valence-corrected chi connectivity index (χ3v) is 4.06. The molecule has 0 saturated carbocycles. The number of esters is 1. The Hall–Kier alpha value is -1.32. The van der Waals surface area contributed by atoms with Gasteiger partial charge in [0.2, 0.25) is 6.33 Å². The van der Waals surface area contributed by atoms with Gasteiger partial charge in [-0.25, -0.2) is 9.13 Å². The normalized spacial score (nSPS) is 13.9. The predicted octanol–water partition coefficient (Wildman–Crippen LogP) is 3.83. The Bertz CT molecular complexity index is 492.